The number of rotatable bonds is 6. The third-order valence-corrected chi connectivity index (χ3v) is 2.63. The van der Waals surface area contributed by atoms with Gasteiger partial charge in [-0.05, 0) is 30.2 Å². The molecule has 2 aromatic rings. The second kappa shape index (κ2) is 7.31. The van der Waals surface area contributed by atoms with Gasteiger partial charge >= 0.3 is 0 Å². The summed E-state index contributed by atoms with van der Waals surface area (Å²) < 4.78 is 5.36. The van der Waals surface area contributed by atoms with Crippen LogP contribution < -0.4 is 10.2 Å². The highest BCUT2D eigenvalue weighted by atomic mass is 16.7. The SMILES string of the molecule is Cc1cccc(OCC(=O)NOCc2ccccc2)c1. The van der Waals surface area contributed by atoms with Crippen molar-refractivity contribution < 1.29 is 14.4 Å². The Morgan fingerprint density at radius 3 is 2.65 bits per heavy atom. The summed E-state index contributed by atoms with van der Waals surface area (Å²) in [7, 11) is 0. The predicted octanol–water partition coefficient (Wildman–Crippen LogP) is 2.62. The zero-order valence-electron chi connectivity index (χ0n) is 11.3. The van der Waals surface area contributed by atoms with Gasteiger partial charge in [-0.15, -0.1) is 0 Å². The van der Waals surface area contributed by atoms with Crippen LogP contribution in [0.3, 0.4) is 0 Å². The molecule has 2 rings (SSSR count). The molecular weight excluding hydrogens is 254 g/mol. The molecule has 0 atom stereocenters. The van der Waals surface area contributed by atoms with Crippen molar-refractivity contribution in [2.24, 2.45) is 0 Å². The van der Waals surface area contributed by atoms with Crippen LogP contribution in [0.5, 0.6) is 5.75 Å². The summed E-state index contributed by atoms with van der Waals surface area (Å²) in [4.78, 5) is 16.6. The fraction of sp³-hybridized carbons (Fsp3) is 0.188. The van der Waals surface area contributed by atoms with E-state index in [1.807, 2.05) is 61.5 Å². The number of hydroxylamine groups is 1. The average molecular weight is 271 g/mol. The Bertz CT molecular complexity index is 555. The van der Waals surface area contributed by atoms with Crippen molar-refractivity contribution in [2.45, 2.75) is 13.5 Å². The van der Waals surface area contributed by atoms with E-state index in [1.165, 1.54) is 0 Å². The minimum atomic E-state index is -0.317. The Morgan fingerprint density at radius 2 is 1.90 bits per heavy atom. The van der Waals surface area contributed by atoms with Crippen LogP contribution >= 0.6 is 0 Å². The summed E-state index contributed by atoms with van der Waals surface area (Å²) in [5, 5.41) is 0. The van der Waals surface area contributed by atoms with Crippen molar-refractivity contribution in [3.63, 3.8) is 0 Å². The molecule has 0 fully saturated rings. The molecule has 0 aliphatic carbocycles. The number of carbonyl (C=O) groups is 1. The predicted molar refractivity (Wildman–Crippen MR) is 76.0 cm³/mol. The number of hydrogen-bond donors (Lipinski definition) is 1. The van der Waals surface area contributed by atoms with E-state index in [-0.39, 0.29) is 12.5 Å². The lowest BCUT2D eigenvalue weighted by Crippen LogP contribution is -2.28. The van der Waals surface area contributed by atoms with Crippen molar-refractivity contribution >= 4 is 5.91 Å². The van der Waals surface area contributed by atoms with E-state index in [1.54, 1.807) is 0 Å². The summed E-state index contributed by atoms with van der Waals surface area (Å²) in [6.07, 6.45) is 0. The van der Waals surface area contributed by atoms with Crippen LogP contribution in [-0.2, 0) is 16.2 Å². The zero-order valence-corrected chi connectivity index (χ0v) is 11.3. The smallest absolute Gasteiger partial charge is 0.281 e. The van der Waals surface area contributed by atoms with Gasteiger partial charge in [-0.3, -0.25) is 9.63 Å². The van der Waals surface area contributed by atoms with E-state index in [0.29, 0.717) is 12.4 Å². The van der Waals surface area contributed by atoms with Crippen molar-refractivity contribution in [2.75, 3.05) is 6.61 Å². The van der Waals surface area contributed by atoms with Gasteiger partial charge in [-0.1, -0.05) is 42.5 Å². The Kier molecular flexibility index (Phi) is 5.15. The maximum atomic E-state index is 11.5. The van der Waals surface area contributed by atoms with E-state index in [4.69, 9.17) is 9.57 Å². The van der Waals surface area contributed by atoms with Crippen LogP contribution in [-0.4, -0.2) is 12.5 Å². The molecule has 20 heavy (non-hydrogen) atoms. The number of ether oxygens (including phenoxy) is 1. The topological polar surface area (TPSA) is 47.6 Å². The number of benzene rings is 2. The lowest BCUT2D eigenvalue weighted by atomic mass is 10.2. The second-order valence-corrected chi connectivity index (χ2v) is 4.40. The number of nitrogens with one attached hydrogen (secondary N) is 1. The molecule has 0 radical (unpaired) electrons. The maximum Gasteiger partial charge on any atom is 0.281 e. The van der Waals surface area contributed by atoms with Gasteiger partial charge in [0.25, 0.3) is 5.91 Å². The minimum absolute atomic E-state index is 0.0712. The minimum Gasteiger partial charge on any atom is -0.484 e. The van der Waals surface area contributed by atoms with Crippen LogP contribution in [0.2, 0.25) is 0 Å². The summed E-state index contributed by atoms with van der Waals surface area (Å²) in [6.45, 7) is 2.23. The van der Waals surface area contributed by atoms with E-state index < -0.39 is 0 Å². The Balaban J connectivity index is 1.68. The zero-order chi connectivity index (χ0) is 14.2. The van der Waals surface area contributed by atoms with Crippen LogP contribution in [0.15, 0.2) is 54.6 Å². The normalized spacial score (nSPS) is 10.1. The van der Waals surface area contributed by atoms with Gasteiger partial charge in [0, 0.05) is 0 Å². The molecule has 0 bridgehead atoms. The monoisotopic (exact) mass is 271 g/mol. The lowest BCUT2D eigenvalue weighted by Gasteiger charge is -2.08. The van der Waals surface area contributed by atoms with Crippen LogP contribution in [0.25, 0.3) is 0 Å². The number of aryl methyl sites for hydroxylation is 1. The Labute approximate surface area is 118 Å². The molecule has 1 amide bonds. The van der Waals surface area contributed by atoms with Crippen molar-refractivity contribution in [1.29, 1.82) is 0 Å². The molecule has 0 aliphatic rings. The fourth-order valence-corrected chi connectivity index (χ4v) is 1.66. The third-order valence-electron chi connectivity index (χ3n) is 2.63. The van der Waals surface area contributed by atoms with Gasteiger partial charge in [0.05, 0.1) is 6.61 Å². The number of carbonyl (C=O) groups excluding carboxylic acids is 1. The molecule has 4 heteroatoms. The summed E-state index contributed by atoms with van der Waals surface area (Å²) >= 11 is 0. The molecule has 0 saturated carbocycles. The van der Waals surface area contributed by atoms with Gasteiger partial charge in [0.2, 0.25) is 0 Å². The highest BCUT2D eigenvalue weighted by molar-refractivity contribution is 5.76. The largest absolute Gasteiger partial charge is 0.484 e. The average Bonchev–Trinajstić information content (AvgIpc) is 2.46. The standard InChI is InChI=1S/C16H17NO3/c1-13-6-5-9-15(10-13)19-12-16(18)17-20-11-14-7-3-2-4-8-14/h2-10H,11-12H2,1H3,(H,17,18). The lowest BCUT2D eigenvalue weighted by molar-refractivity contribution is -0.136. The molecule has 0 unspecified atom stereocenters. The third kappa shape index (κ3) is 4.74. The Hall–Kier alpha value is -2.33. The summed E-state index contributed by atoms with van der Waals surface area (Å²) in [5.74, 6) is 0.352. The van der Waals surface area contributed by atoms with Gasteiger partial charge in [0.15, 0.2) is 6.61 Å². The molecule has 2 aromatic carbocycles. The molecule has 0 aliphatic heterocycles. The number of amides is 1. The quantitative estimate of drug-likeness (QED) is 0.822. The molecule has 0 spiro atoms. The van der Waals surface area contributed by atoms with Crippen LogP contribution in [0, 0.1) is 6.92 Å². The highest BCUT2D eigenvalue weighted by Crippen LogP contribution is 2.11. The molecule has 0 heterocycles. The first-order valence-corrected chi connectivity index (χ1v) is 6.38. The van der Waals surface area contributed by atoms with Crippen LogP contribution in [0.4, 0.5) is 0 Å². The van der Waals surface area contributed by atoms with E-state index >= 15 is 0 Å². The van der Waals surface area contributed by atoms with Gasteiger partial charge < -0.3 is 4.74 Å². The molecule has 4 nitrogen and oxygen atoms in total. The highest BCUT2D eigenvalue weighted by Gasteiger charge is 2.03. The molecule has 1 N–H and O–H groups in total. The van der Waals surface area contributed by atoms with Crippen molar-refractivity contribution in [3.8, 4) is 5.75 Å². The molecule has 104 valence electrons. The molecular formula is C16H17NO3. The first kappa shape index (κ1) is 14.1. The van der Waals surface area contributed by atoms with E-state index in [0.717, 1.165) is 11.1 Å². The van der Waals surface area contributed by atoms with Crippen molar-refractivity contribution in [1.82, 2.24) is 5.48 Å². The fourth-order valence-electron chi connectivity index (χ4n) is 1.66. The van der Waals surface area contributed by atoms with E-state index in [2.05, 4.69) is 5.48 Å². The first-order chi connectivity index (χ1) is 9.74. The maximum absolute atomic E-state index is 11.5. The summed E-state index contributed by atoms with van der Waals surface area (Å²) in [6, 6.07) is 17.2. The van der Waals surface area contributed by atoms with Gasteiger partial charge in [-0.25, -0.2) is 5.48 Å². The van der Waals surface area contributed by atoms with Gasteiger partial charge in [0.1, 0.15) is 5.75 Å². The van der Waals surface area contributed by atoms with Crippen molar-refractivity contribution in [3.05, 3.63) is 65.7 Å². The Morgan fingerprint density at radius 1 is 1.10 bits per heavy atom. The van der Waals surface area contributed by atoms with Gasteiger partial charge in [-0.2, -0.15) is 0 Å². The molecule has 0 saturated heterocycles. The summed E-state index contributed by atoms with van der Waals surface area (Å²) in [5.41, 5.74) is 4.43. The first-order valence-electron chi connectivity index (χ1n) is 6.38. The number of hydrogen-bond acceptors (Lipinski definition) is 3. The van der Waals surface area contributed by atoms with Crippen LogP contribution in [0.1, 0.15) is 11.1 Å². The van der Waals surface area contributed by atoms with E-state index in [9.17, 15) is 4.79 Å². The molecule has 0 aromatic heterocycles. The second-order valence-electron chi connectivity index (χ2n) is 4.40.